The van der Waals surface area contributed by atoms with Crippen LogP contribution in [0.1, 0.15) is 25.7 Å². The topological polar surface area (TPSA) is 104 Å². The van der Waals surface area contributed by atoms with E-state index in [-0.39, 0.29) is 0 Å². The largest absolute Gasteiger partial charge is 0.480 e. The van der Waals surface area contributed by atoms with Crippen molar-refractivity contribution in [1.29, 1.82) is 0 Å². The Kier molecular flexibility index (Phi) is 4.06. The van der Waals surface area contributed by atoms with Gasteiger partial charge in [-0.2, -0.15) is 4.72 Å². The molecule has 0 heterocycles. The molecule has 1 atom stereocenters. The molecule has 15 heavy (non-hydrogen) atoms. The predicted octanol–water partition coefficient (Wildman–Crippen LogP) is -0.706. The second-order valence-electron chi connectivity index (χ2n) is 3.64. The standard InChI is InChI=1S/C8H15NO5S/c10-5-7(8(11)12)9-15(13,14)6-3-1-2-4-6/h6-7,9-10H,1-5H2,(H,11,12)/t7-/m1/s1. The van der Waals surface area contributed by atoms with Crippen molar-refractivity contribution in [1.82, 2.24) is 4.72 Å². The van der Waals surface area contributed by atoms with Gasteiger partial charge in [-0.3, -0.25) is 4.79 Å². The van der Waals surface area contributed by atoms with Gasteiger partial charge < -0.3 is 10.2 Å². The highest BCUT2D eigenvalue weighted by molar-refractivity contribution is 7.90. The fourth-order valence-corrected chi connectivity index (χ4v) is 3.38. The van der Waals surface area contributed by atoms with E-state index in [0.29, 0.717) is 12.8 Å². The number of hydrogen-bond acceptors (Lipinski definition) is 4. The molecule has 0 aromatic rings. The van der Waals surface area contributed by atoms with E-state index < -0.39 is 33.9 Å². The van der Waals surface area contributed by atoms with Crippen molar-refractivity contribution in [2.45, 2.75) is 37.0 Å². The highest BCUT2D eigenvalue weighted by Gasteiger charge is 2.32. The summed E-state index contributed by atoms with van der Waals surface area (Å²) < 4.78 is 25.2. The molecule has 6 nitrogen and oxygen atoms in total. The lowest BCUT2D eigenvalue weighted by Gasteiger charge is -2.16. The van der Waals surface area contributed by atoms with Gasteiger partial charge in [0, 0.05) is 0 Å². The number of sulfonamides is 1. The van der Waals surface area contributed by atoms with E-state index in [1.54, 1.807) is 0 Å². The average Bonchev–Trinajstić information content (AvgIpc) is 2.67. The van der Waals surface area contributed by atoms with Gasteiger partial charge in [0.2, 0.25) is 10.0 Å². The van der Waals surface area contributed by atoms with Gasteiger partial charge in [-0.25, -0.2) is 8.42 Å². The molecule has 0 saturated heterocycles. The van der Waals surface area contributed by atoms with Crippen molar-refractivity contribution in [2.75, 3.05) is 6.61 Å². The molecule has 3 N–H and O–H groups in total. The van der Waals surface area contributed by atoms with E-state index in [4.69, 9.17) is 10.2 Å². The summed E-state index contributed by atoms with van der Waals surface area (Å²) in [6.45, 7) is -0.735. The quantitative estimate of drug-likeness (QED) is 0.586. The van der Waals surface area contributed by atoms with Crippen LogP contribution in [0.5, 0.6) is 0 Å². The Morgan fingerprint density at radius 1 is 1.40 bits per heavy atom. The van der Waals surface area contributed by atoms with Crippen molar-refractivity contribution < 1.29 is 23.4 Å². The van der Waals surface area contributed by atoms with Crippen molar-refractivity contribution in [3.05, 3.63) is 0 Å². The zero-order chi connectivity index (χ0) is 11.5. The number of carboxylic acid groups (broad SMARTS) is 1. The van der Waals surface area contributed by atoms with E-state index in [1.807, 2.05) is 4.72 Å². The van der Waals surface area contributed by atoms with E-state index in [2.05, 4.69) is 0 Å². The van der Waals surface area contributed by atoms with Crippen LogP contribution in [0.3, 0.4) is 0 Å². The highest BCUT2D eigenvalue weighted by atomic mass is 32.2. The molecule has 1 aliphatic carbocycles. The molecule has 1 aliphatic rings. The first-order chi connectivity index (χ1) is 6.97. The molecular weight excluding hydrogens is 222 g/mol. The minimum absolute atomic E-state index is 0.508. The van der Waals surface area contributed by atoms with Crippen LogP contribution >= 0.6 is 0 Å². The van der Waals surface area contributed by atoms with Gasteiger partial charge in [-0.15, -0.1) is 0 Å². The molecule has 88 valence electrons. The first kappa shape index (κ1) is 12.4. The molecule has 0 unspecified atom stereocenters. The molecule has 0 amide bonds. The average molecular weight is 237 g/mol. The van der Waals surface area contributed by atoms with Gasteiger partial charge >= 0.3 is 5.97 Å². The number of carbonyl (C=O) groups is 1. The summed E-state index contributed by atoms with van der Waals surface area (Å²) in [4.78, 5) is 10.5. The molecule has 1 saturated carbocycles. The number of aliphatic carboxylic acids is 1. The molecule has 0 aromatic carbocycles. The fraction of sp³-hybridized carbons (Fsp3) is 0.875. The van der Waals surface area contributed by atoms with Crippen LogP contribution in [0.2, 0.25) is 0 Å². The van der Waals surface area contributed by atoms with Crippen molar-refractivity contribution in [2.24, 2.45) is 0 Å². The Hall–Kier alpha value is -0.660. The zero-order valence-electron chi connectivity index (χ0n) is 8.22. The molecular formula is C8H15NO5S. The third-order valence-corrected chi connectivity index (χ3v) is 4.49. The van der Waals surface area contributed by atoms with E-state index in [1.165, 1.54) is 0 Å². The first-order valence-corrected chi connectivity index (χ1v) is 6.37. The van der Waals surface area contributed by atoms with Crippen molar-refractivity contribution in [3.63, 3.8) is 0 Å². The van der Waals surface area contributed by atoms with Gasteiger partial charge in [-0.1, -0.05) is 12.8 Å². The summed E-state index contributed by atoms with van der Waals surface area (Å²) in [5, 5.41) is 16.8. The molecule has 7 heteroatoms. The number of aliphatic hydroxyl groups is 1. The maximum atomic E-state index is 11.6. The lowest BCUT2D eigenvalue weighted by Crippen LogP contribution is -2.46. The lowest BCUT2D eigenvalue weighted by molar-refractivity contribution is -0.139. The minimum atomic E-state index is -3.61. The summed E-state index contributed by atoms with van der Waals surface area (Å²) in [5.74, 6) is -1.36. The number of carboxylic acids is 1. The second-order valence-corrected chi connectivity index (χ2v) is 5.64. The molecule has 0 spiro atoms. The van der Waals surface area contributed by atoms with Gasteiger partial charge in [0.15, 0.2) is 0 Å². The van der Waals surface area contributed by atoms with Crippen LogP contribution in [0.4, 0.5) is 0 Å². The van der Waals surface area contributed by atoms with Gasteiger partial charge in [0.1, 0.15) is 6.04 Å². The molecule has 0 aromatic heterocycles. The summed E-state index contributed by atoms with van der Waals surface area (Å²) in [5.41, 5.74) is 0. The normalized spacial score (nSPS) is 20.3. The van der Waals surface area contributed by atoms with Gasteiger partial charge in [-0.05, 0) is 12.8 Å². The fourth-order valence-electron chi connectivity index (χ4n) is 1.66. The Labute approximate surface area is 88.3 Å². The van der Waals surface area contributed by atoms with Gasteiger partial charge in [0.25, 0.3) is 0 Å². The zero-order valence-corrected chi connectivity index (χ0v) is 9.03. The minimum Gasteiger partial charge on any atom is -0.480 e. The van der Waals surface area contributed by atoms with E-state index in [9.17, 15) is 13.2 Å². The Morgan fingerprint density at radius 2 is 1.93 bits per heavy atom. The van der Waals surface area contributed by atoms with Crippen molar-refractivity contribution in [3.8, 4) is 0 Å². The second kappa shape index (κ2) is 4.91. The predicted molar refractivity (Wildman–Crippen MR) is 52.8 cm³/mol. The SMILES string of the molecule is O=C(O)[C@@H](CO)NS(=O)(=O)C1CCCC1. The molecule has 1 fully saturated rings. The van der Waals surface area contributed by atoms with E-state index in [0.717, 1.165) is 12.8 Å². The van der Waals surface area contributed by atoms with E-state index >= 15 is 0 Å². The Balaban J connectivity index is 2.65. The van der Waals surface area contributed by atoms with Crippen LogP contribution in [0.25, 0.3) is 0 Å². The Morgan fingerprint density at radius 3 is 2.33 bits per heavy atom. The monoisotopic (exact) mass is 237 g/mol. The highest BCUT2D eigenvalue weighted by Crippen LogP contribution is 2.24. The summed E-state index contributed by atoms with van der Waals surface area (Å²) >= 11 is 0. The van der Waals surface area contributed by atoms with Crippen LogP contribution in [0, 0.1) is 0 Å². The number of aliphatic hydroxyl groups excluding tert-OH is 1. The number of nitrogens with one attached hydrogen (secondary N) is 1. The van der Waals surface area contributed by atoms with Crippen LogP contribution in [0.15, 0.2) is 0 Å². The third kappa shape index (κ3) is 3.15. The van der Waals surface area contributed by atoms with Crippen molar-refractivity contribution >= 4 is 16.0 Å². The summed E-state index contributed by atoms with van der Waals surface area (Å²) in [6, 6.07) is -1.43. The molecule has 0 aliphatic heterocycles. The van der Waals surface area contributed by atoms with Crippen LogP contribution < -0.4 is 4.72 Å². The Bertz CT molecular complexity index is 320. The molecule has 0 radical (unpaired) electrons. The van der Waals surface area contributed by atoms with Crippen LogP contribution in [-0.2, 0) is 14.8 Å². The molecule has 0 bridgehead atoms. The third-order valence-electron chi connectivity index (χ3n) is 2.53. The maximum Gasteiger partial charge on any atom is 0.324 e. The maximum absolute atomic E-state index is 11.6. The smallest absolute Gasteiger partial charge is 0.324 e. The number of hydrogen-bond donors (Lipinski definition) is 3. The summed E-state index contributed by atoms with van der Waals surface area (Å²) in [6.07, 6.45) is 2.82. The number of rotatable bonds is 5. The molecule has 1 rings (SSSR count). The summed E-state index contributed by atoms with van der Waals surface area (Å²) in [7, 11) is -3.61. The van der Waals surface area contributed by atoms with Crippen LogP contribution in [-0.4, -0.2) is 42.5 Å². The van der Waals surface area contributed by atoms with Gasteiger partial charge in [0.05, 0.1) is 11.9 Å². The lowest BCUT2D eigenvalue weighted by atomic mass is 10.3. The first-order valence-electron chi connectivity index (χ1n) is 4.82.